The zero-order valence-corrected chi connectivity index (χ0v) is 15.5. The second-order valence-corrected chi connectivity index (χ2v) is 7.54. The molecule has 0 radical (unpaired) electrons. The lowest BCUT2D eigenvalue weighted by Gasteiger charge is -2.02. The van der Waals surface area contributed by atoms with Gasteiger partial charge >= 0.3 is 0 Å². The number of rotatable bonds is 7. The van der Waals surface area contributed by atoms with Crippen LogP contribution < -0.4 is 10.6 Å². The molecule has 0 saturated heterocycles. The van der Waals surface area contributed by atoms with Crippen molar-refractivity contribution in [1.82, 2.24) is 15.5 Å². The Labute approximate surface area is 158 Å². The molecule has 2 aromatic heterocycles. The van der Waals surface area contributed by atoms with Crippen molar-refractivity contribution in [3.8, 4) is 0 Å². The highest BCUT2D eigenvalue weighted by molar-refractivity contribution is 8.01. The molecule has 2 heterocycles. The van der Waals surface area contributed by atoms with Gasteiger partial charge in [0, 0.05) is 5.69 Å². The highest BCUT2D eigenvalue weighted by Crippen LogP contribution is 2.23. The molecule has 0 unspecified atom stereocenters. The first-order valence-corrected chi connectivity index (χ1v) is 9.54. The van der Waals surface area contributed by atoms with E-state index in [1.807, 2.05) is 31.2 Å². The van der Waals surface area contributed by atoms with Crippen LogP contribution in [0, 0.1) is 6.92 Å². The van der Waals surface area contributed by atoms with Gasteiger partial charge in [0.05, 0.1) is 18.6 Å². The van der Waals surface area contributed by atoms with Crippen LogP contribution in [0.3, 0.4) is 0 Å². The summed E-state index contributed by atoms with van der Waals surface area (Å²) in [4.78, 5) is 24.0. The van der Waals surface area contributed by atoms with Gasteiger partial charge in [-0.25, -0.2) is 0 Å². The number of hydrogen-bond acceptors (Lipinski definition) is 7. The van der Waals surface area contributed by atoms with Gasteiger partial charge in [0.15, 0.2) is 4.34 Å². The zero-order chi connectivity index (χ0) is 18.4. The van der Waals surface area contributed by atoms with Crippen LogP contribution in [0.2, 0.25) is 0 Å². The van der Waals surface area contributed by atoms with E-state index >= 15 is 0 Å². The van der Waals surface area contributed by atoms with Crippen LogP contribution >= 0.6 is 23.1 Å². The molecule has 0 aliphatic rings. The zero-order valence-electron chi connectivity index (χ0n) is 13.9. The first-order valence-electron chi connectivity index (χ1n) is 7.73. The van der Waals surface area contributed by atoms with Crippen molar-refractivity contribution in [2.45, 2.75) is 17.8 Å². The SMILES string of the molecule is Cc1ccc(NC(=O)c2nnc(SCC(=O)NCc3ccco3)s2)cc1. The molecule has 9 heteroatoms. The summed E-state index contributed by atoms with van der Waals surface area (Å²) in [6.07, 6.45) is 1.56. The van der Waals surface area contributed by atoms with E-state index < -0.39 is 0 Å². The Morgan fingerprint density at radius 3 is 2.73 bits per heavy atom. The lowest BCUT2D eigenvalue weighted by atomic mass is 10.2. The van der Waals surface area contributed by atoms with E-state index in [0.29, 0.717) is 22.3 Å². The van der Waals surface area contributed by atoms with Crippen molar-refractivity contribution in [3.63, 3.8) is 0 Å². The lowest BCUT2D eigenvalue weighted by molar-refractivity contribution is -0.118. The van der Waals surface area contributed by atoms with E-state index in [9.17, 15) is 9.59 Å². The van der Waals surface area contributed by atoms with Gasteiger partial charge in [0.25, 0.3) is 5.91 Å². The molecule has 3 aromatic rings. The van der Waals surface area contributed by atoms with Crippen molar-refractivity contribution in [2.24, 2.45) is 0 Å². The molecule has 1 aromatic carbocycles. The van der Waals surface area contributed by atoms with Crippen LogP contribution in [-0.4, -0.2) is 27.8 Å². The van der Waals surface area contributed by atoms with Crippen LogP contribution in [0.1, 0.15) is 21.1 Å². The maximum Gasteiger partial charge on any atom is 0.286 e. The topological polar surface area (TPSA) is 97.1 Å². The Bertz CT molecular complexity index is 876. The van der Waals surface area contributed by atoms with Gasteiger partial charge in [-0.2, -0.15) is 0 Å². The molecule has 3 rings (SSSR count). The fourth-order valence-corrected chi connectivity index (χ4v) is 3.54. The molecular formula is C17H16N4O3S2. The summed E-state index contributed by atoms with van der Waals surface area (Å²) in [5, 5.41) is 13.6. The number of anilines is 1. The standard InChI is InChI=1S/C17H16N4O3S2/c1-11-4-6-12(7-5-11)19-15(23)16-20-21-17(26-16)25-10-14(22)18-9-13-3-2-8-24-13/h2-8H,9-10H2,1H3,(H,18,22)(H,19,23). The van der Waals surface area contributed by atoms with Crippen molar-refractivity contribution in [2.75, 3.05) is 11.1 Å². The monoisotopic (exact) mass is 388 g/mol. The second kappa shape index (κ2) is 8.63. The van der Waals surface area contributed by atoms with Gasteiger partial charge in [0.1, 0.15) is 5.76 Å². The molecule has 0 fully saturated rings. The predicted octanol–water partition coefficient (Wildman–Crippen LogP) is 3.10. The third-order valence-electron chi connectivity index (χ3n) is 3.28. The van der Waals surface area contributed by atoms with Gasteiger partial charge in [-0.1, -0.05) is 40.8 Å². The fourth-order valence-electron chi connectivity index (χ4n) is 1.96. The minimum absolute atomic E-state index is 0.146. The summed E-state index contributed by atoms with van der Waals surface area (Å²) < 4.78 is 5.71. The Kier molecular flexibility index (Phi) is 6.03. The van der Waals surface area contributed by atoms with Gasteiger partial charge in [-0.15, -0.1) is 10.2 Å². The third-order valence-corrected chi connectivity index (χ3v) is 5.33. The number of aromatic nitrogens is 2. The maximum atomic E-state index is 12.2. The Morgan fingerprint density at radius 2 is 2.00 bits per heavy atom. The molecule has 0 aliphatic carbocycles. The fraction of sp³-hybridized carbons (Fsp3) is 0.176. The van der Waals surface area contributed by atoms with Crippen molar-refractivity contribution in [3.05, 3.63) is 59.0 Å². The normalized spacial score (nSPS) is 10.5. The van der Waals surface area contributed by atoms with Gasteiger partial charge in [0.2, 0.25) is 10.9 Å². The van der Waals surface area contributed by atoms with Crippen LogP contribution in [0.25, 0.3) is 0 Å². The minimum Gasteiger partial charge on any atom is -0.467 e. The Morgan fingerprint density at radius 1 is 1.19 bits per heavy atom. The molecule has 2 N–H and O–H groups in total. The lowest BCUT2D eigenvalue weighted by Crippen LogP contribution is -2.24. The first kappa shape index (κ1) is 18.2. The van der Waals surface area contributed by atoms with Gasteiger partial charge in [-0.3, -0.25) is 9.59 Å². The third kappa shape index (κ3) is 5.17. The Balaban J connectivity index is 1.47. The molecule has 7 nitrogen and oxygen atoms in total. The predicted molar refractivity (Wildman–Crippen MR) is 100 cm³/mol. The Hall–Kier alpha value is -2.65. The smallest absolute Gasteiger partial charge is 0.286 e. The quantitative estimate of drug-likeness (QED) is 0.604. The van der Waals surface area contributed by atoms with Crippen molar-refractivity contribution < 1.29 is 14.0 Å². The van der Waals surface area contributed by atoms with Crippen molar-refractivity contribution in [1.29, 1.82) is 0 Å². The number of amides is 2. The van der Waals surface area contributed by atoms with E-state index in [0.717, 1.165) is 16.9 Å². The average molecular weight is 388 g/mol. The summed E-state index contributed by atoms with van der Waals surface area (Å²) in [6, 6.07) is 11.0. The van der Waals surface area contributed by atoms with Gasteiger partial charge < -0.3 is 15.1 Å². The largest absolute Gasteiger partial charge is 0.467 e. The number of carbonyl (C=O) groups is 2. The maximum absolute atomic E-state index is 12.2. The van der Waals surface area contributed by atoms with E-state index in [2.05, 4.69) is 20.8 Å². The number of thioether (sulfide) groups is 1. The molecule has 0 aliphatic heterocycles. The van der Waals surface area contributed by atoms with Gasteiger partial charge in [-0.05, 0) is 31.2 Å². The highest BCUT2D eigenvalue weighted by atomic mass is 32.2. The number of nitrogens with zero attached hydrogens (tertiary/aromatic N) is 2. The van der Waals surface area contributed by atoms with Crippen molar-refractivity contribution >= 4 is 40.6 Å². The molecule has 2 amide bonds. The molecule has 0 bridgehead atoms. The highest BCUT2D eigenvalue weighted by Gasteiger charge is 2.14. The van der Waals surface area contributed by atoms with E-state index in [4.69, 9.17) is 4.42 Å². The summed E-state index contributed by atoms with van der Waals surface area (Å²) in [7, 11) is 0. The molecular weight excluding hydrogens is 372 g/mol. The number of nitrogens with one attached hydrogen (secondary N) is 2. The summed E-state index contributed by atoms with van der Waals surface area (Å²) >= 11 is 2.39. The summed E-state index contributed by atoms with van der Waals surface area (Å²) in [5.74, 6) is 0.414. The first-order chi connectivity index (χ1) is 12.6. The molecule has 134 valence electrons. The number of furan rings is 1. The summed E-state index contributed by atoms with van der Waals surface area (Å²) in [5.41, 5.74) is 1.81. The van der Waals surface area contributed by atoms with E-state index in [-0.39, 0.29) is 22.6 Å². The van der Waals surface area contributed by atoms with E-state index in [1.54, 1.807) is 18.4 Å². The van der Waals surface area contributed by atoms with Crippen LogP contribution in [-0.2, 0) is 11.3 Å². The number of aryl methyl sites for hydroxylation is 1. The molecule has 26 heavy (non-hydrogen) atoms. The second-order valence-electron chi connectivity index (χ2n) is 5.34. The summed E-state index contributed by atoms with van der Waals surface area (Å²) in [6.45, 7) is 2.32. The minimum atomic E-state index is -0.319. The van der Waals surface area contributed by atoms with Crippen LogP contribution in [0.4, 0.5) is 5.69 Å². The number of hydrogen-bond donors (Lipinski definition) is 2. The van der Waals surface area contributed by atoms with E-state index in [1.165, 1.54) is 11.8 Å². The van der Waals surface area contributed by atoms with Crippen LogP contribution in [0.15, 0.2) is 51.4 Å². The molecule has 0 atom stereocenters. The number of benzene rings is 1. The average Bonchev–Trinajstić information content (AvgIpc) is 3.32. The molecule has 0 spiro atoms. The molecule has 0 saturated carbocycles. The number of carbonyl (C=O) groups excluding carboxylic acids is 2. The van der Waals surface area contributed by atoms with Crippen LogP contribution in [0.5, 0.6) is 0 Å².